The zero-order chi connectivity index (χ0) is 11.5. The van der Waals surface area contributed by atoms with E-state index in [1.54, 1.807) is 6.26 Å². The normalized spacial score (nSPS) is 26.6. The molecule has 4 heteroatoms. The van der Waals surface area contributed by atoms with E-state index in [0.29, 0.717) is 5.92 Å². The van der Waals surface area contributed by atoms with Crippen LogP contribution in [0.1, 0.15) is 25.6 Å². The third-order valence-corrected chi connectivity index (χ3v) is 3.18. The minimum atomic E-state index is -0.0599. The van der Waals surface area contributed by atoms with Crippen molar-refractivity contribution < 1.29 is 9.21 Å². The van der Waals surface area contributed by atoms with Crippen molar-refractivity contribution in [3.8, 4) is 0 Å². The number of carbonyl (C=O) groups excluding carboxylic acids is 1. The van der Waals surface area contributed by atoms with Crippen LogP contribution in [0.5, 0.6) is 0 Å². The summed E-state index contributed by atoms with van der Waals surface area (Å²) in [6, 6.07) is 3.65. The lowest BCUT2D eigenvalue weighted by Gasteiger charge is -2.17. The highest BCUT2D eigenvalue weighted by molar-refractivity contribution is 5.79. The van der Waals surface area contributed by atoms with Gasteiger partial charge in [0.05, 0.1) is 18.2 Å². The van der Waals surface area contributed by atoms with Gasteiger partial charge in [0.15, 0.2) is 0 Å². The Labute approximate surface area is 95.4 Å². The van der Waals surface area contributed by atoms with Crippen LogP contribution in [0.4, 0.5) is 0 Å². The van der Waals surface area contributed by atoms with Gasteiger partial charge >= 0.3 is 0 Å². The molecule has 0 bridgehead atoms. The van der Waals surface area contributed by atoms with E-state index < -0.39 is 0 Å². The Hall–Kier alpha value is -1.29. The molecule has 1 fully saturated rings. The van der Waals surface area contributed by atoms with Crippen LogP contribution in [0.3, 0.4) is 0 Å². The lowest BCUT2D eigenvalue weighted by Crippen LogP contribution is -2.35. The number of furan rings is 1. The van der Waals surface area contributed by atoms with Crippen LogP contribution in [0, 0.1) is 11.8 Å². The first-order valence-electron chi connectivity index (χ1n) is 5.73. The van der Waals surface area contributed by atoms with E-state index in [1.165, 1.54) is 0 Å². The van der Waals surface area contributed by atoms with Gasteiger partial charge in [0.25, 0.3) is 0 Å². The average Bonchev–Trinajstić information content (AvgIpc) is 2.86. The van der Waals surface area contributed by atoms with Gasteiger partial charge in [0.1, 0.15) is 5.76 Å². The molecule has 88 valence electrons. The molecule has 1 aliphatic heterocycles. The predicted molar refractivity (Wildman–Crippen MR) is 60.8 cm³/mol. The molecule has 1 aromatic heterocycles. The molecule has 0 aliphatic carbocycles. The van der Waals surface area contributed by atoms with E-state index in [2.05, 4.69) is 17.6 Å². The quantitative estimate of drug-likeness (QED) is 0.810. The summed E-state index contributed by atoms with van der Waals surface area (Å²) in [5.41, 5.74) is 0. The monoisotopic (exact) mass is 222 g/mol. The van der Waals surface area contributed by atoms with Crippen molar-refractivity contribution in [3.05, 3.63) is 24.2 Å². The Morgan fingerprint density at radius 1 is 1.62 bits per heavy atom. The van der Waals surface area contributed by atoms with Gasteiger partial charge < -0.3 is 15.1 Å². The van der Waals surface area contributed by atoms with Crippen LogP contribution >= 0.6 is 0 Å². The van der Waals surface area contributed by atoms with Gasteiger partial charge in [0, 0.05) is 6.54 Å². The molecular formula is C12H18N2O2. The van der Waals surface area contributed by atoms with Crippen molar-refractivity contribution in [3.63, 3.8) is 0 Å². The van der Waals surface area contributed by atoms with Crippen molar-refractivity contribution in [1.82, 2.24) is 10.6 Å². The maximum absolute atomic E-state index is 12.0. The van der Waals surface area contributed by atoms with Crippen molar-refractivity contribution >= 4 is 5.91 Å². The third-order valence-electron chi connectivity index (χ3n) is 3.18. The van der Waals surface area contributed by atoms with E-state index in [1.807, 2.05) is 19.1 Å². The Morgan fingerprint density at radius 3 is 3.00 bits per heavy atom. The highest BCUT2D eigenvalue weighted by Crippen LogP contribution is 2.18. The number of amides is 1. The first-order valence-corrected chi connectivity index (χ1v) is 5.73. The maximum Gasteiger partial charge on any atom is 0.225 e. The molecule has 2 rings (SSSR count). The number of carbonyl (C=O) groups is 1. The lowest BCUT2D eigenvalue weighted by atomic mass is 9.97. The van der Waals surface area contributed by atoms with Crippen LogP contribution in [-0.2, 0) is 4.79 Å². The topological polar surface area (TPSA) is 54.3 Å². The third kappa shape index (κ3) is 2.27. The van der Waals surface area contributed by atoms with Gasteiger partial charge in [-0.1, -0.05) is 6.92 Å². The summed E-state index contributed by atoms with van der Waals surface area (Å²) in [5.74, 6) is 1.40. The summed E-state index contributed by atoms with van der Waals surface area (Å²) >= 11 is 0. The van der Waals surface area contributed by atoms with E-state index in [-0.39, 0.29) is 17.9 Å². The number of rotatable bonds is 3. The lowest BCUT2D eigenvalue weighted by molar-refractivity contribution is -0.126. The zero-order valence-corrected chi connectivity index (χ0v) is 9.69. The fourth-order valence-corrected chi connectivity index (χ4v) is 2.09. The fourth-order valence-electron chi connectivity index (χ4n) is 2.09. The molecule has 3 atom stereocenters. The summed E-state index contributed by atoms with van der Waals surface area (Å²) in [4.78, 5) is 12.0. The van der Waals surface area contributed by atoms with Gasteiger partial charge in [0.2, 0.25) is 5.91 Å². The van der Waals surface area contributed by atoms with Crippen LogP contribution < -0.4 is 10.6 Å². The Balaban J connectivity index is 1.92. The van der Waals surface area contributed by atoms with Crippen LogP contribution in [-0.4, -0.2) is 19.0 Å². The molecule has 1 aromatic rings. The second-order valence-electron chi connectivity index (χ2n) is 4.49. The Morgan fingerprint density at radius 2 is 2.44 bits per heavy atom. The van der Waals surface area contributed by atoms with Crippen molar-refractivity contribution in [1.29, 1.82) is 0 Å². The van der Waals surface area contributed by atoms with Crippen molar-refractivity contribution in [2.45, 2.75) is 19.9 Å². The van der Waals surface area contributed by atoms with Crippen LogP contribution in [0.15, 0.2) is 22.8 Å². The smallest absolute Gasteiger partial charge is 0.225 e. The molecule has 1 amide bonds. The van der Waals surface area contributed by atoms with E-state index in [0.717, 1.165) is 18.8 Å². The molecule has 0 saturated carbocycles. The summed E-state index contributed by atoms with van der Waals surface area (Å²) in [6.45, 7) is 5.73. The Bertz CT molecular complexity index is 348. The Kier molecular flexibility index (Phi) is 3.29. The zero-order valence-electron chi connectivity index (χ0n) is 9.69. The number of nitrogens with one attached hydrogen (secondary N) is 2. The molecule has 0 aromatic carbocycles. The molecule has 0 radical (unpaired) electrons. The number of hydrogen-bond donors (Lipinski definition) is 2. The molecule has 2 N–H and O–H groups in total. The van der Waals surface area contributed by atoms with E-state index >= 15 is 0 Å². The molecule has 4 nitrogen and oxygen atoms in total. The van der Waals surface area contributed by atoms with Gasteiger partial charge in [-0.25, -0.2) is 0 Å². The SMILES string of the molecule is CC(NC(=O)[C@@H]1CNC[C@H]1C)c1ccco1. The molecule has 2 heterocycles. The van der Waals surface area contributed by atoms with Crippen LogP contribution in [0.2, 0.25) is 0 Å². The van der Waals surface area contributed by atoms with Gasteiger partial charge in [-0.05, 0) is 31.5 Å². The average molecular weight is 222 g/mol. The summed E-state index contributed by atoms with van der Waals surface area (Å²) < 4.78 is 5.26. The van der Waals surface area contributed by atoms with E-state index in [9.17, 15) is 4.79 Å². The van der Waals surface area contributed by atoms with Crippen LogP contribution in [0.25, 0.3) is 0 Å². The maximum atomic E-state index is 12.0. The first kappa shape index (κ1) is 11.2. The highest BCUT2D eigenvalue weighted by atomic mass is 16.3. The van der Waals surface area contributed by atoms with Gasteiger partial charge in [-0.3, -0.25) is 4.79 Å². The van der Waals surface area contributed by atoms with Gasteiger partial charge in [-0.2, -0.15) is 0 Å². The van der Waals surface area contributed by atoms with Gasteiger partial charge in [-0.15, -0.1) is 0 Å². The molecular weight excluding hydrogens is 204 g/mol. The summed E-state index contributed by atoms with van der Waals surface area (Å²) in [5, 5.41) is 6.21. The molecule has 16 heavy (non-hydrogen) atoms. The number of hydrogen-bond acceptors (Lipinski definition) is 3. The molecule has 0 spiro atoms. The minimum Gasteiger partial charge on any atom is -0.467 e. The summed E-state index contributed by atoms with van der Waals surface area (Å²) in [7, 11) is 0. The van der Waals surface area contributed by atoms with E-state index in [4.69, 9.17) is 4.42 Å². The van der Waals surface area contributed by atoms with Crippen molar-refractivity contribution in [2.75, 3.05) is 13.1 Å². The standard InChI is InChI=1S/C12H18N2O2/c1-8-6-13-7-10(8)12(15)14-9(2)11-4-3-5-16-11/h3-5,8-10,13H,6-7H2,1-2H3,(H,14,15)/t8-,9?,10-/m1/s1. The fraction of sp³-hybridized carbons (Fsp3) is 0.583. The van der Waals surface area contributed by atoms with Crippen molar-refractivity contribution in [2.24, 2.45) is 11.8 Å². The second kappa shape index (κ2) is 4.70. The minimum absolute atomic E-state index is 0.0599. The predicted octanol–water partition coefficient (Wildman–Crippen LogP) is 1.31. The highest BCUT2D eigenvalue weighted by Gasteiger charge is 2.30. The molecule has 1 unspecified atom stereocenters. The summed E-state index contributed by atoms with van der Waals surface area (Å²) in [6.07, 6.45) is 1.62. The molecule has 1 aliphatic rings. The molecule has 1 saturated heterocycles. The second-order valence-corrected chi connectivity index (χ2v) is 4.49. The largest absolute Gasteiger partial charge is 0.467 e. The first-order chi connectivity index (χ1) is 7.68.